The minimum absolute atomic E-state index is 0.0581. The molecule has 1 aliphatic rings. The number of carbonyl (C=O) groups excluding carboxylic acids is 2. The zero-order chi connectivity index (χ0) is 24.4. The van der Waals surface area contributed by atoms with Crippen molar-refractivity contribution in [1.29, 1.82) is 0 Å². The van der Waals surface area contributed by atoms with E-state index >= 15 is 0 Å². The Morgan fingerprint density at radius 1 is 1.24 bits per heavy atom. The fourth-order valence-corrected chi connectivity index (χ4v) is 4.26. The van der Waals surface area contributed by atoms with Crippen molar-refractivity contribution in [2.75, 3.05) is 46.8 Å². The molecule has 0 aliphatic carbocycles. The summed E-state index contributed by atoms with van der Waals surface area (Å²) in [6.45, 7) is 7.36. The number of likely N-dealkylation sites (N-methyl/N-ethyl adjacent to an activating group) is 2. The molecule has 0 bridgehead atoms. The molecule has 1 aliphatic heterocycles. The molecule has 1 aromatic carbocycles. The molecule has 9 nitrogen and oxygen atoms in total. The van der Waals surface area contributed by atoms with Crippen molar-refractivity contribution in [3.63, 3.8) is 0 Å². The Kier molecular flexibility index (Phi) is 6.95. The number of hydrogen-bond acceptors (Lipinski definition) is 6. The van der Waals surface area contributed by atoms with Crippen molar-refractivity contribution < 1.29 is 9.59 Å². The number of carbonyl (C=O) groups is 2. The van der Waals surface area contributed by atoms with Crippen molar-refractivity contribution in [3.05, 3.63) is 47.7 Å². The molecule has 2 amide bonds. The Hall–Kier alpha value is -3.30. The number of amides is 2. The Labute approximate surface area is 200 Å². The highest BCUT2D eigenvalue weighted by molar-refractivity contribution is 6.07. The molecule has 0 saturated carbocycles. The molecule has 3 heterocycles. The Balaban J connectivity index is 1.77. The maximum absolute atomic E-state index is 13.6. The van der Waals surface area contributed by atoms with Crippen molar-refractivity contribution in [2.45, 2.75) is 26.4 Å². The van der Waals surface area contributed by atoms with Gasteiger partial charge in [-0.15, -0.1) is 0 Å². The third-order valence-corrected chi connectivity index (χ3v) is 6.22. The molecular formula is C25H33N7O2. The van der Waals surface area contributed by atoms with Crippen molar-refractivity contribution in [3.8, 4) is 11.3 Å². The number of rotatable bonds is 7. The lowest BCUT2D eigenvalue weighted by Crippen LogP contribution is -2.50. The van der Waals surface area contributed by atoms with Gasteiger partial charge in [0.1, 0.15) is 6.54 Å². The first-order valence-electron chi connectivity index (χ1n) is 11.7. The van der Waals surface area contributed by atoms with Crippen LogP contribution in [0.4, 0.5) is 0 Å². The lowest BCUT2D eigenvalue weighted by molar-refractivity contribution is -0.133. The third kappa shape index (κ3) is 4.80. The van der Waals surface area contributed by atoms with Gasteiger partial charge in [0.2, 0.25) is 5.91 Å². The number of fused-ring (bicyclic) bond motifs is 1. The average molecular weight is 464 g/mol. The number of hydrogen-bond donors (Lipinski definition) is 1. The van der Waals surface area contributed by atoms with Gasteiger partial charge in [0.15, 0.2) is 5.65 Å². The molecule has 4 rings (SSSR count). The second-order valence-electron chi connectivity index (χ2n) is 9.24. The van der Waals surface area contributed by atoms with Crippen LogP contribution in [-0.2, 0) is 11.3 Å². The monoisotopic (exact) mass is 463 g/mol. The van der Waals surface area contributed by atoms with Gasteiger partial charge in [0, 0.05) is 51.4 Å². The minimum Gasteiger partial charge on any atom is -0.342 e. The molecule has 1 saturated heterocycles. The van der Waals surface area contributed by atoms with Crippen LogP contribution >= 0.6 is 0 Å². The Bertz CT molecular complexity index is 1200. The normalized spacial score (nSPS) is 14.6. The van der Waals surface area contributed by atoms with Crippen molar-refractivity contribution in [1.82, 2.24) is 29.5 Å². The molecule has 0 radical (unpaired) electrons. The van der Waals surface area contributed by atoms with Crippen LogP contribution in [0.3, 0.4) is 0 Å². The summed E-state index contributed by atoms with van der Waals surface area (Å²) in [6.07, 6.45) is 1.70. The van der Waals surface area contributed by atoms with Gasteiger partial charge in [-0.1, -0.05) is 18.2 Å². The highest BCUT2D eigenvalue weighted by Gasteiger charge is 2.28. The first-order valence-corrected chi connectivity index (χ1v) is 11.7. The van der Waals surface area contributed by atoms with Crippen LogP contribution in [0.2, 0.25) is 0 Å². The third-order valence-electron chi connectivity index (χ3n) is 6.22. The fourth-order valence-electron chi connectivity index (χ4n) is 4.26. The van der Waals surface area contributed by atoms with Crippen LogP contribution < -0.4 is 5.73 Å². The predicted octanol–water partition coefficient (Wildman–Crippen LogP) is 1.98. The zero-order valence-electron chi connectivity index (χ0n) is 20.4. The second-order valence-corrected chi connectivity index (χ2v) is 9.24. The Morgan fingerprint density at radius 2 is 2.03 bits per heavy atom. The fraction of sp³-hybridized carbons (Fsp3) is 0.440. The summed E-state index contributed by atoms with van der Waals surface area (Å²) in [5.41, 5.74) is 9.66. The van der Waals surface area contributed by atoms with Gasteiger partial charge in [0.05, 0.1) is 22.8 Å². The summed E-state index contributed by atoms with van der Waals surface area (Å²) < 4.78 is 1.84. The van der Waals surface area contributed by atoms with Crippen molar-refractivity contribution in [2.24, 2.45) is 5.73 Å². The van der Waals surface area contributed by atoms with E-state index in [1.807, 2.05) is 43.8 Å². The summed E-state index contributed by atoms with van der Waals surface area (Å²) in [7, 11) is 3.80. The van der Waals surface area contributed by atoms with Gasteiger partial charge in [-0.25, -0.2) is 9.67 Å². The van der Waals surface area contributed by atoms with Gasteiger partial charge >= 0.3 is 0 Å². The topological polar surface area (TPSA) is 101 Å². The first-order chi connectivity index (χ1) is 16.3. The highest BCUT2D eigenvalue weighted by atomic mass is 16.2. The lowest BCUT2D eigenvalue weighted by Gasteiger charge is -2.32. The quantitative estimate of drug-likeness (QED) is 0.575. The van der Waals surface area contributed by atoms with Gasteiger partial charge in [-0.05, 0) is 38.6 Å². The van der Waals surface area contributed by atoms with Gasteiger partial charge in [-0.3, -0.25) is 9.59 Å². The van der Waals surface area contributed by atoms with E-state index < -0.39 is 0 Å². The van der Waals surface area contributed by atoms with Crippen LogP contribution in [0.5, 0.6) is 0 Å². The SMILES string of the molecule is CC(C)n1ncc2c(C(=O)N3CCN(C)C(=O)C3)cc(-c3cccc(CN(C)CCN)c3)nc21. The van der Waals surface area contributed by atoms with Gasteiger partial charge < -0.3 is 20.4 Å². The summed E-state index contributed by atoms with van der Waals surface area (Å²) in [6, 6.07) is 10.1. The van der Waals surface area contributed by atoms with E-state index in [1.165, 1.54) is 0 Å². The van der Waals surface area contributed by atoms with Crippen LogP contribution in [0, 0.1) is 0 Å². The molecule has 0 spiro atoms. The largest absolute Gasteiger partial charge is 0.342 e. The maximum atomic E-state index is 13.6. The number of benzene rings is 1. The predicted molar refractivity (Wildman–Crippen MR) is 132 cm³/mol. The Morgan fingerprint density at radius 3 is 2.74 bits per heavy atom. The summed E-state index contributed by atoms with van der Waals surface area (Å²) >= 11 is 0. The number of pyridine rings is 1. The van der Waals surface area contributed by atoms with E-state index in [0.717, 1.165) is 24.2 Å². The summed E-state index contributed by atoms with van der Waals surface area (Å²) in [4.78, 5) is 36.2. The van der Waals surface area contributed by atoms with Crippen LogP contribution in [-0.4, -0.2) is 88.1 Å². The summed E-state index contributed by atoms with van der Waals surface area (Å²) in [5, 5.41) is 5.21. The lowest BCUT2D eigenvalue weighted by atomic mass is 10.0. The molecule has 0 unspecified atom stereocenters. The van der Waals surface area contributed by atoms with Crippen molar-refractivity contribution >= 4 is 22.8 Å². The minimum atomic E-state index is -0.169. The van der Waals surface area contributed by atoms with Gasteiger partial charge in [0.25, 0.3) is 5.91 Å². The molecule has 0 atom stereocenters. The molecule has 3 aromatic rings. The number of aromatic nitrogens is 3. The molecule has 180 valence electrons. The van der Waals surface area contributed by atoms with E-state index in [0.29, 0.717) is 41.9 Å². The second kappa shape index (κ2) is 9.90. The molecular weight excluding hydrogens is 430 g/mol. The standard InChI is InChI=1S/C25H33N7O2/c1-17(2)32-24-21(14-27-32)20(25(34)31-11-10-30(4)23(33)16-31)13-22(28-24)19-7-5-6-18(12-19)15-29(3)9-8-26/h5-7,12-14,17H,8-11,15-16,26H2,1-4H3. The smallest absolute Gasteiger partial charge is 0.255 e. The molecule has 2 aromatic heterocycles. The molecule has 2 N–H and O–H groups in total. The number of nitrogens with two attached hydrogens (primary N) is 1. The van der Waals surface area contributed by atoms with Crippen LogP contribution in [0.25, 0.3) is 22.3 Å². The zero-order valence-corrected chi connectivity index (χ0v) is 20.4. The van der Waals surface area contributed by atoms with E-state index in [9.17, 15) is 9.59 Å². The van der Waals surface area contributed by atoms with E-state index in [4.69, 9.17) is 10.7 Å². The average Bonchev–Trinajstić information content (AvgIpc) is 3.24. The van der Waals surface area contributed by atoms with E-state index in [1.54, 1.807) is 23.0 Å². The highest BCUT2D eigenvalue weighted by Crippen LogP contribution is 2.28. The first kappa shape index (κ1) is 23.8. The van der Waals surface area contributed by atoms with Crippen LogP contribution in [0.1, 0.15) is 35.8 Å². The van der Waals surface area contributed by atoms with E-state index in [2.05, 4.69) is 22.1 Å². The van der Waals surface area contributed by atoms with Gasteiger partial charge in [-0.2, -0.15) is 5.10 Å². The number of nitrogens with zero attached hydrogens (tertiary/aromatic N) is 6. The molecule has 9 heteroatoms. The molecule has 34 heavy (non-hydrogen) atoms. The number of piperazine rings is 1. The molecule has 1 fully saturated rings. The summed E-state index contributed by atoms with van der Waals surface area (Å²) in [5.74, 6) is -0.227. The van der Waals surface area contributed by atoms with Crippen LogP contribution in [0.15, 0.2) is 36.5 Å². The van der Waals surface area contributed by atoms with E-state index in [-0.39, 0.29) is 24.4 Å². The maximum Gasteiger partial charge on any atom is 0.255 e.